The molecule has 186 valence electrons. The van der Waals surface area contributed by atoms with Gasteiger partial charge in [0.1, 0.15) is 5.69 Å². The van der Waals surface area contributed by atoms with Crippen LogP contribution in [-0.2, 0) is 30.3 Å². The molecule has 0 N–H and O–H groups in total. The van der Waals surface area contributed by atoms with E-state index in [2.05, 4.69) is 0 Å². The van der Waals surface area contributed by atoms with E-state index in [1.807, 2.05) is 0 Å². The van der Waals surface area contributed by atoms with Gasteiger partial charge in [-0.3, -0.25) is 14.4 Å². The number of esters is 2. The summed E-state index contributed by atoms with van der Waals surface area (Å²) in [5.41, 5.74) is -0.0558. The number of nitrogens with zero attached hydrogens (tertiary/aromatic N) is 1. The predicted octanol–water partition coefficient (Wildman–Crippen LogP) is 5.25. The molecule has 35 heavy (non-hydrogen) atoms. The number of thiophene rings is 1. The van der Waals surface area contributed by atoms with Crippen molar-refractivity contribution in [3.05, 3.63) is 62.1 Å². The zero-order valence-corrected chi connectivity index (χ0v) is 21.0. The number of hydrogen-bond donors (Lipinski definition) is 0. The molecule has 0 radical (unpaired) electrons. The van der Waals surface area contributed by atoms with E-state index in [0.29, 0.717) is 35.5 Å². The Morgan fingerprint density at radius 3 is 2.23 bits per heavy atom. The highest BCUT2D eigenvalue weighted by Crippen LogP contribution is 2.41. The fourth-order valence-corrected chi connectivity index (χ4v) is 5.08. The van der Waals surface area contributed by atoms with Crippen molar-refractivity contribution in [3.8, 4) is 0 Å². The summed E-state index contributed by atoms with van der Waals surface area (Å²) < 4.78 is 25.3. The summed E-state index contributed by atoms with van der Waals surface area (Å²) in [6, 6.07) is 7.89. The first kappa shape index (κ1) is 26.6. The molecule has 0 aliphatic heterocycles. The van der Waals surface area contributed by atoms with Crippen LogP contribution >= 0.6 is 22.9 Å². The normalized spacial score (nSPS) is 13.4. The largest absolute Gasteiger partial charge is 0.466 e. The lowest BCUT2D eigenvalue weighted by Crippen LogP contribution is -2.40. The quantitative estimate of drug-likeness (QED) is 0.348. The van der Waals surface area contributed by atoms with Gasteiger partial charge in [0.15, 0.2) is 0 Å². The fraction of sp³-hybridized carbons (Fsp3) is 0.360. The Balaban J connectivity index is 2.14. The summed E-state index contributed by atoms with van der Waals surface area (Å²) >= 11 is 7.00. The van der Waals surface area contributed by atoms with Gasteiger partial charge < -0.3 is 9.47 Å². The van der Waals surface area contributed by atoms with Crippen molar-refractivity contribution < 1.29 is 33.0 Å². The Labute approximate surface area is 211 Å². The van der Waals surface area contributed by atoms with E-state index < -0.39 is 34.6 Å². The molecule has 2 amide bonds. The van der Waals surface area contributed by atoms with Crippen LogP contribution in [0.3, 0.4) is 0 Å². The van der Waals surface area contributed by atoms with Crippen molar-refractivity contribution in [1.82, 2.24) is 0 Å². The number of carbonyl (C=O) groups excluding carboxylic acids is 4. The molecular weight excluding hydrogens is 497 g/mol. The summed E-state index contributed by atoms with van der Waals surface area (Å²) in [5.74, 6) is -2.90. The van der Waals surface area contributed by atoms with Gasteiger partial charge in [0.05, 0.1) is 24.7 Å². The van der Waals surface area contributed by atoms with E-state index in [1.165, 1.54) is 12.1 Å². The molecule has 1 aromatic heterocycles. The third-order valence-corrected chi connectivity index (χ3v) is 6.85. The van der Waals surface area contributed by atoms with E-state index in [9.17, 15) is 19.2 Å². The summed E-state index contributed by atoms with van der Waals surface area (Å²) in [6.45, 7) is 3.55. The van der Waals surface area contributed by atoms with Crippen LogP contribution in [0, 0.1) is 5.13 Å². The van der Waals surface area contributed by atoms with E-state index >= 15 is 4.39 Å². The highest BCUT2D eigenvalue weighted by molar-refractivity contribution is 7.11. The SMILES string of the molecule is CCOC(=O)Cc1sc(F)c(N(C(=O)C2=C(C(=O)OCC)CCCC2)C(=O)c2ccccc2)c1Cl. The van der Waals surface area contributed by atoms with Crippen LogP contribution in [0.5, 0.6) is 0 Å². The number of halogens is 2. The molecule has 0 fully saturated rings. The number of rotatable bonds is 8. The first-order valence-corrected chi connectivity index (χ1v) is 12.4. The minimum Gasteiger partial charge on any atom is -0.466 e. The second-order valence-electron chi connectivity index (χ2n) is 7.64. The number of ether oxygens (including phenoxy) is 2. The Morgan fingerprint density at radius 2 is 1.60 bits per heavy atom. The van der Waals surface area contributed by atoms with Crippen LogP contribution in [0.2, 0.25) is 5.02 Å². The molecule has 0 unspecified atom stereocenters. The Hall–Kier alpha value is -3.04. The topological polar surface area (TPSA) is 90.0 Å². The average Bonchev–Trinajstić information content (AvgIpc) is 3.12. The van der Waals surface area contributed by atoms with Gasteiger partial charge in [0.2, 0.25) is 5.13 Å². The van der Waals surface area contributed by atoms with Crippen LogP contribution < -0.4 is 4.90 Å². The molecule has 2 aromatic rings. The van der Waals surface area contributed by atoms with Gasteiger partial charge in [0, 0.05) is 21.6 Å². The number of hydrogen-bond acceptors (Lipinski definition) is 7. The van der Waals surface area contributed by atoms with Crippen LogP contribution in [0.25, 0.3) is 0 Å². The minimum atomic E-state index is -0.902. The first-order chi connectivity index (χ1) is 16.8. The van der Waals surface area contributed by atoms with Gasteiger partial charge in [-0.05, 0) is 51.7 Å². The smallest absolute Gasteiger partial charge is 0.334 e. The molecule has 0 saturated carbocycles. The van der Waals surface area contributed by atoms with Gasteiger partial charge in [0.25, 0.3) is 11.8 Å². The van der Waals surface area contributed by atoms with Crippen LogP contribution in [0.15, 0.2) is 41.5 Å². The van der Waals surface area contributed by atoms with Crippen LogP contribution in [0.4, 0.5) is 10.1 Å². The Morgan fingerprint density at radius 1 is 0.971 bits per heavy atom. The van der Waals surface area contributed by atoms with Crippen molar-refractivity contribution >= 4 is 52.4 Å². The zero-order chi connectivity index (χ0) is 25.5. The number of imide groups is 1. The second kappa shape index (κ2) is 12.1. The van der Waals surface area contributed by atoms with E-state index in [0.717, 1.165) is 0 Å². The van der Waals surface area contributed by atoms with Gasteiger partial charge in [-0.25, -0.2) is 9.69 Å². The predicted molar refractivity (Wildman–Crippen MR) is 130 cm³/mol. The van der Waals surface area contributed by atoms with Gasteiger partial charge in [-0.15, -0.1) is 11.3 Å². The van der Waals surface area contributed by atoms with E-state index in [1.54, 1.807) is 32.0 Å². The molecule has 0 spiro atoms. The number of amides is 2. The van der Waals surface area contributed by atoms with Crippen molar-refractivity contribution in [2.45, 2.75) is 46.0 Å². The molecule has 3 rings (SSSR count). The first-order valence-electron chi connectivity index (χ1n) is 11.2. The van der Waals surface area contributed by atoms with Crippen LogP contribution in [0.1, 0.15) is 54.8 Å². The summed E-state index contributed by atoms with van der Waals surface area (Å²) in [7, 11) is 0. The summed E-state index contributed by atoms with van der Waals surface area (Å²) in [4.78, 5) is 52.6. The van der Waals surface area contributed by atoms with Crippen molar-refractivity contribution in [1.29, 1.82) is 0 Å². The molecule has 0 bridgehead atoms. The lowest BCUT2D eigenvalue weighted by Gasteiger charge is -2.25. The van der Waals surface area contributed by atoms with Gasteiger partial charge in [-0.2, -0.15) is 4.39 Å². The average molecular weight is 522 g/mol. The molecule has 1 aromatic carbocycles. The second-order valence-corrected chi connectivity index (χ2v) is 9.07. The lowest BCUT2D eigenvalue weighted by molar-refractivity contribution is -0.142. The number of benzene rings is 1. The Bertz CT molecular complexity index is 1160. The van der Waals surface area contributed by atoms with Gasteiger partial charge >= 0.3 is 11.9 Å². The van der Waals surface area contributed by atoms with E-state index in [-0.39, 0.29) is 52.7 Å². The molecule has 0 atom stereocenters. The lowest BCUT2D eigenvalue weighted by atomic mass is 9.90. The van der Waals surface area contributed by atoms with E-state index in [4.69, 9.17) is 21.1 Å². The van der Waals surface area contributed by atoms with Crippen molar-refractivity contribution in [2.75, 3.05) is 18.1 Å². The maximum absolute atomic E-state index is 15.3. The summed E-state index contributed by atoms with van der Waals surface area (Å²) in [6.07, 6.45) is 1.51. The highest BCUT2D eigenvalue weighted by Gasteiger charge is 2.37. The standard InChI is InChI=1S/C25H25ClFNO6S/c1-3-33-19(29)14-18-20(26)21(22(27)35-18)28(23(30)15-10-6-5-7-11-15)24(31)16-12-8-9-13-17(16)25(32)34-4-2/h5-7,10-11H,3-4,8-9,12-14H2,1-2H3. The molecule has 7 nitrogen and oxygen atoms in total. The molecule has 1 aliphatic rings. The molecule has 1 aliphatic carbocycles. The summed E-state index contributed by atoms with van der Waals surface area (Å²) in [5, 5.41) is -1.13. The number of anilines is 1. The maximum atomic E-state index is 15.3. The van der Waals surface area contributed by atoms with Crippen molar-refractivity contribution in [3.63, 3.8) is 0 Å². The minimum absolute atomic E-state index is 0.0904. The highest BCUT2D eigenvalue weighted by atomic mass is 35.5. The third kappa shape index (κ3) is 5.97. The number of carbonyl (C=O) groups is 4. The van der Waals surface area contributed by atoms with Crippen LogP contribution in [-0.4, -0.2) is 37.0 Å². The zero-order valence-electron chi connectivity index (χ0n) is 19.4. The van der Waals surface area contributed by atoms with Crippen molar-refractivity contribution in [2.24, 2.45) is 0 Å². The molecule has 10 heteroatoms. The fourth-order valence-electron chi connectivity index (χ4n) is 3.79. The van der Waals surface area contributed by atoms with Gasteiger partial charge in [-0.1, -0.05) is 29.8 Å². The Kier molecular flexibility index (Phi) is 9.17. The molecular formula is C25H25ClFNO6S. The molecule has 0 saturated heterocycles. The molecule has 1 heterocycles. The maximum Gasteiger partial charge on any atom is 0.334 e. The monoisotopic (exact) mass is 521 g/mol. The third-order valence-electron chi connectivity index (χ3n) is 5.36.